The second-order valence-corrected chi connectivity index (χ2v) is 5.46. The van der Waals surface area contributed by atoms with Crippen LogP contribution in [0.2, 0.25) is 5.28 Å². The summed E-state index contributed by atoms with van der Waals surface area (Å²) >= 11 is 6.02. The number of halogens is 1. The SMILES string of the molecule is Cn1c(=O)c2c(nc(Cl)n2CC(=O)N2CCNC2=O)n(C)c1=O. The molecule has 2 aromatic rings. The fraction of sp³-hybridized carbons (Fsp3) is 0.417. The summed E-state index contributed by atoms with van der Waals surface area (Å²) in [6, 6.07) is -0.490. The first-order chi connectivity index (χ1) is 10.8. The number of amides is 3. The van der Waals surface area contributed by atoms with Crippen molar-refractivity contribution in [3.05, 3.63) is 26.1 Å². The van der Waals surface area contributed by atoms with Gasteiger partial charge in [-0.25, -0.2) is 9.59 Å². The van der Waals surface area contributed by atoms with Gasteiger partial charge in [0.2, 0.25) is 5.28 Å². The molecule has 1 aliphatic heterocycles. The Morgan fingerprint density at radius 1 is 1.26 bits per heavy atom. The zero-order valence-electron chi connectivity index (χ0n) is 12.4. The van der Waals surface area contributed by atoms with E-state index in [0.29, 0.717) is 6.54 Å². The van der Waals surface area contributed by atoms with Gasteiger partial charge in [-0.15, -0.1) is 0 Å². The molecule has 3 heterocycles. The van der Waals surface area contributed by atoms with Crippen LogP contribution < -0.4 is 16.6 Å². The van der Waals surface area contributed by atoms with Gasteiger partial charge in [-0.3, -0.25) is 28.2 Å². The van der Waals surface area contributed by atoms with Crippen molar-refractivity contribution < 1.29 is 9.59 Å². The number of nitrogens with zero attached hydrogens (tertiary/aromatic N) is 5. The Hall–Kier alpha value is -2.62. The van der Waals surface area contributed by atoms with Crippen molar-refractivity contribution in [2.45, 2.75) is 6.54 Å². The number of imidazole rings is 1. The summed E-state index contributed by atoms with van der Waals surface area (Å²) < 4.78 is 3.28. The van der Waals surface area contributed by atoms with Crippen molar-refractivity contribution in [3.63, 3.8) is 0 Å². The normalized spacial score (nSPS) is 14.6. The zero-order chi connectivity index (χ0) is 16.9. The summed E-state index contributed by atoms with van der Waals surface area (Å²) in [5, 5.41) is 2.41. The number of rotatable bonds is 2. The number of fused-ring (bicyclic) bond motifs is 1. The Bertz CT molecular complexity index is 955. The average molecular weight is 341 g/mol. The molecule has 0 radical (unpaired) electrons. The van der Waals surface area contributed by atoms with Gasteiger partial charge in [0.1, 0.15) is 6.54 Å². The molecule has 0 aromatic carbocycles. The lowest BCUT2D eigenvalue weighted by atomic mass is 10.4. The molecule has 0 atom stereocenters. The second kappa shape index (κ2) is 5.23. The minimum atomic E-state index is -0.610. The van der Waals surface area contributed by atoms with Crippen molar-refractivity contribution in [2.24, 2.45) is 14.1 Å². The molecule has 0 spiro atoms. The summed E-state index contributed by atoms with van der Waals surface area (Å²) in [5.41, 5.74) is -1.04. The number of imide groups is 1. The van der Waals surface area contributed by atoms with Crippen molar-refractivity contribution in [2.75, 3.05) is 13.1 Å². The van der Waals surface area contributed by atoms with Gasteiger partial charge < -0.3 is 5.32 Å². The molecule has 122 valence electrons. The van der Waals surface area contributed by atoms with Crippen molar-refractivity contribution in [3.8, 4) is 0 Å². The van der Waals surface area contributed by atoms with Gasteiger partial charge in [0.15, 0.2) is 11.2 Å². The smallest absolute Gasteiger partial charge is 0.332 e. The molecule has 1 fully saturated rings. The quantitative estimate of drug-likeness (QED) is 0.679. The van der Waals surface area contributed by atoms with Crippen LogP contribution in [0, 0.1) is 0 Å². The highest BCUT2D eigenvalue weighted by Gasteiger charge is 2.28. The Balaban J connectivity index is 2.13. The third-order valence-corrected chi connectivity index (χ3v) is 4.04. The number of urea groups is 1. The lowest BCUT2D eigenvalue weighted by Crippen LogP contribution is -2.39. The Labute approximate surface area is 133 Å². The number of hydrogen-bond acceptors (Lipinski definition) is 5. The maximum Gasteiger partial charge on any atom is 0.332 e. The molecule has 3 amide bonds. The van der Waals surface area contributed by atoms with Gasteiger partial charge in [0.05, 0.1) is 0 Å². The van der Waals surface area contributed by atoms with Crippen LogP contribution in [0.4, 0.5) is 4.79 Å². The number of carbonyl (C=O) groups is 2. The fourth-order valence-corrected chi connectivity index (χ4v) is 2.72. The van der Waals surface area contributed by atoms with Crippen LogP contribution in [0.1, 0.15) is 0 Å². The maximum atomic E-state index is 12.3. The lowest BCUT2D eigenvalue weighted by Gasteiger charge is -2.13. The van der Waals surface area contributed by atoms with E-state index in [1.807, 2.05) is 0 Å². The van der Waals surface area contributed by atoms with Crippen molar-refractivity contribution in [1.29, 1.82) is 0 Å². The molecule has 0 unspecified atom stereocenters. The summed E-state index contributed by atoms with van der Waals surface area (Å²) in [4.78, 5) is 53.0. The second-order valence-electron chi connectivity index (χ2n) is 5.12. The van der Waals surface area contributed by atoms with E-state index >= 15 is 0 Å². The van der Waals surface area contributed by atoms with Gasteiger partial charge in [-0.2, -0.15) is 4.98 Å². The van der Waals surface area contributed by atoms with Gasteiger partial charge in [0, 0.05) is 27.2 Å². The predicted octanol–water partition coefficient (Wildman–Crippen LogP) is -1.36. The Morgan fingerprint density at radius 3 is 2.57 bits per heavy atom. The highest BCUT2D eigenvalue weighted by Crippen LogP contribution is 2.16. The third-order valence-electron chi connectivity index (χ3n) is 3.75. The zero-order valence-corrected chi connectivity index (χ0v) is 13.1. The lowest BCUT2D eigenvalue weighted by molar-refractivity contribution is -0.128. The van der Waals surface area contributed by atoms with Gasteiger partial charge >= 0.3 is 11.7 Å². The molecule has 11 heteroatoms. The largest absolute Gasteiger partial charge is 0.336 e. The Kier molecular flexibility index (Phi) is 3.48. The number of carbonyl (C=O) groups excluding carboxylic acids is 2. The maximum absolute atomic E-state index is 12.3. The summed E-state index contributed by atoms with van der Waals surface area (Å²) in [6.45, 7) is 0.299. The van der Waals surface area contributed by atoms with E-state index in [4.69, 9.17) is 11.6 Å². The van der Waals surface area contributed by atoms with E-state index in [2.05, 4.69) is 10.3 Å². The van der Waals surface area contributed by atoms with E-state index in [-0.39, 0.29) is 29.5 Å². The van der Waals surface area contributed by atoms with Crippen LogP contribution in [0.3, 0.4) is 0 Å². The minimum Gasteiger partial charge on any atom is -0.336 e. The first kappa shape index (κ1) is 15.3. The molecule has 10 nitrogen and oxygen atoms in total. The molecule has 1 aliphatic rings. The fourth-order valence-electron chi connectivity index (χ4n) is 2.49. The number of aromatic nitrogens is 4. The van der Waals surface area contributed by atoms with Crippen LogP contribution in [-0.2, 0) is 25.4 Å². The molecule has 1 N–H and O–H groups in total. The van der Waals surface area contributed by atoms with Crippen LogP contribution in [-0.4, -0.2) is 48.6 Å². The molecule has 0 saturated carbocycles. The number of hydrogen-bond donors (Lipinski definition) is 1. The molecule has 23 heavy (non-hydrogen) atoms. The molecule has 2 aromatic heterocycles. The molecule has 0 bridgehead atoms. The molecular weight excluding hydrogens is 328 g/mol. The number of nitrogens with one attached hydrogen (secondary N) is 1. The van der Waals surface area contributed by atoms with Crippen LogP contribution in [0.5, 0.6) is 0 Å². The van der Waals surface area contributed by atoms with E-state index < -0.39 is 23.2 Å². The van der Waals surface area contributed by atoms with Gasteiger partial charge in [-0.1, -0.05) is 0 Å². The van der Waals surface area contributed by atoms with E-state index in [1.165, 1.54) is 23.2 Å². The van der Waals surface area contributed by atoms with Gasteiger partial charge in [0.25, 0.3) is 11.5 Å². The van der Waals surface area contributed by atoms with Crippen molar-refractivity contribution in [1.82, 2.24) is 28.9 Å². The molecule has 1 saturated heterocycles. The third kappa shape index (κ3) is 2.22. The first-order valence-corrected chi connectivity index (χ1v) is 7.10. The molecule has 0 aliphatic carbocycles. The highest BCUT2D eigenvalue weighted by molar-refractivity contribution is 6.29. The summed E-state index contributed by atoms with van der Waals surface area (Å²) in [7, 11) is 2.78. The minimum absolute atomic E-state index is 0.0348. The van der Waals surface area contributed by atoms with E-state index in [0.717, 1.165) is 9.47 Å². The first-order valence-electron chi connectivity index (χ1n) is 6.73. The van der Waals surface area contributed by atoms with E-state index in [1.54, 1.807) is 0 Å². The summed E-state index contributed by atoms with van der Waals surface area (Å²) in [6.07, 6.45) is 0. The van der Waals surface area contributed by atoms with Crippen LogP contribution in [0.15, 0.2) is 9.59 Å². The standard InChI is InChI=1S/C12H13ClN6O4/c1-16-8-7(9(21)17(2)12(16)23)19(10(13)15-8)5-6(20)18-4-3-14-11(18)22/h3-5H2,1-2H3,(H,14,22). The average Bonchev–Trinajstić information content (AvgIpc) is 3.07. The topological polar surface area (TPSA) is 111 Å². The molecular formula is C12H13ClN6O4. The monoisotopic (exact) mass is 340 g/mol. The summed E-state index contributed by atoms with van der Waals surface area (Å²) in [5.74, 6) is -0.517. The van der Waals surface area contributed by atoms with Gasteiger partial charge in [-0.05, 0) is 11.6 Å². The Morgan fingerprint density at radius 2 is 1.96 bits per heavy atom. The predicted molar refractivity (Wildman–Crippen MR) is 80.3 cm³/mol. The van der Waals surface area contributed by atoms with E-state index in [9.17, 15) is 19.2 Å². The van der Waals surface area contributed by atoms with Crippen molar-refractivity contribution >= 4 is 34.7 Å². The van der Waals surface area contributed by atoms with Crippen LogP contribution >= 0.6 is 11.6 Å². The highest BCUT2D eigenvalue weighted by atomic mass is 35.5. The number of aryl methyl sites for hydroxylation is 1. The molecule has 3 rings (SSSR count). The van der Waals surface area contributed by atoms with Crippen LogP contribution in [0.25, 0.3) is 11.2 Å².